The summed E-state index contributed by atoms with van der Waals surface area (Å²) in [7, 11) is 0. The molecule has 2 aliphatic rings. The number of carbonyl (C=O) groups is 2. The second kappa shape index (κ2) is 11.4. The number of hydrogen-bond acceptors (Lipinski definition) is 5. The number of halogens is 4. The summed E-state index contributed by atoms with van der Waals surface area (Å²) in [5, 5.41) is 3.03. The largest absolute Gasteiger partial charge is 0.491 e. The number of anilines is 1. The molecule has 0 spiro atoms. The maximum absolute atomic E-state index is 13.8. The van der Waals surface area contributed by atoms with Gasteiger partial charge in [0, 0.05) is 40.9 Å². The summed E-state index contributed by atoms with van der Waals surface area (Å²) in [6.07, 6.45) is -1.72. The lowest BCUT2D eigenvalue weighted by Crippen LogP contribution is -2.35. The van der Waals surface area contributed by atoms with Crippen LogP contribution in [0.3, 0.4) is 0 Å². The second-order valence-electron chi connectivity index (χ2n) is 10.9. The first kappa shape index (κ1) is 29.7. The first-order valence-electron chi connectivity index (χ1n) is 13.4. The Morgan fingerprint density at radius 3 is 2.52 bits per heavy atom. The highest BCUT2D eigenvalue weighted by Gasteiger charge is 2.42. The third-order valence-electron chi connectivity index (χ3n) is 7.65. The molecule has 3 N–H and O–H groups in total. The van der Waals surface area contributed by atoms with E-state index in [9.17, 15) is 27.6 Å². The van der Waals surface area contributed by atoms with Gasteiger partial charge in [0.15, 0.2) is 0 Å². The Morgan fingerprint density at radius 1 is 1.17 bits per heavy atom. The van der Waals surface area contributed by atoms with Gasteiger partial charge in [0.25, 0.3) is 5.56 Å². The molecule has 1 fully saturated rings. The predicted octanol–water partition coefficient (Wildman–Crippen LogP) is 5.52. The maximum Gasteiger partial charge on any atom is 0.395 e. The highest BCUT2D eigenvalue weighted by atomic mass is 35.5. The van der Waals surface area contributed by atoms with E-state index >= 15 is 0 Å². The monoisotopic (exact) mass is 603 g/mol. The molecule has 2 atom stereocenters. The van der Waals surface area contributed by atoms with E-state index in [4.69, 9.17) is 26.8 Å². The van der Waals surface area contributed by atoms with E-state index in [1.165, 1.54) is 54.7 Å². The van der Waals surface area contributed by atoms with Crippen molar-refractivity contribution in [2.75, 3.05) is 18.5 Å². The number of benzene rings is 2. The molecule has 2 heterocycles. The van der Waals surface area contributed by atoms with Crippen molar-refractivity contribution in [3.8, 4) is 16.9 Å². The Bertz CT molecular complexity index is 1570. The zero-order valence-electron chi connectivity index (χ0n) is 22.7. The van der Waals surface area contributed by atoms with Gasteiger partial charge in [-0.05, 0) is 73.7 Å². The first-order chi connectivity index (χ1) is 19.8. The van der Waals surface area contributed by atoms with E-state index in [0.717, 1.165) is 17.4 Å². The van der Waals surface area contributed by atoms with Crippen LogP contribution in [0.25, 0.3) is 11.1 Å². The van der Waals surface area contributed by atoms with Gasteiger partial charge in [0.1, 0.15) is 18.4 Å². The molecular weight excluding hydrogens is 575 g/mol. The van der Waals surface area contributed by atoms with E-state index < -0.39 is 42.1 Å². The lowest BCUT2D eigenvalue weighted by molar-refractivity contribution is -0.181. The smallest absolute Gasteiger partial charge is 0.395 e. The van der Waals surface area contributed by atoms with Crippen molar-refractivity contribution < 1.29 is 32.2 Å². The average molecular weight is 604 g/mol. The number of nitrogens with two attached hydrogens (primary N) is 1. The molecule has 222 valence electrons. The van der Waals surface area contributed by atoms with Crippen LogP contribution in [-0.2, 0) is 16.0 Å². The molecule has 8 nitrogen and oxygen atoms in total. The first-order valence-corrected chi connectivity index (χ1v) is 13.8. The molecule has 42 heavy (non-hydrogen) atoms. The van der Waals surface area contributed by atoms with Crippen molar-refractivity contribution in [1.29, 1.82) is 0 Å². The summed E-state index contributed by atoms with van der Waals surface area (Å²) in [6.45, 7) is 1.45. The van der Waals surface area contributed by atoms with Gasteiger partial charge in [-0.1, -0.05) is 17.7 Å². The molecule has 0 bridgehead atoms. The Labute approximate surface area is 244 Å². The Kier molecular flexibility index (Phi) is 8.08. The van der Waals surface area contributed by atoms with Crippen molar-refractivity contribution >= 4 is 29.1 Å². The number of ether oxygens (including phenoxy) is 2. The molecule has 2 aromatic carbocycles. The number of amides is 2. The number of nitrogens with one attached hydrogen (secondary N) is 1. The fourth-order valence-corrected chi connectivity index (χ4v) is 5.05. The number of primary amides is 1. The Hall–Kier alpha value is -3.83. The fraction of sp³-hybridized carbons (Fsp3) is 0.367. The van der Waals surface area contributed by atoms with E-state index in [0.29, 0.717) is 21.8 Å². The van der Waals surface area contributed by atoms with Crippen molar-refractivity contribution in [2.24, 2.45) is 11.7 Å². The Balaban J connectivity index is 1.52. The van der Waals surface area contributed by atoms with Crippen LogP contribution < -0.4 is 21.3 Å². The number of rotatable bonds is 8. The zero-order chi connectivity index (χ0) is 30.2. The van der Waals surface area contributed by atoms with Gasteiger partial charge in [-0.25, -0.2) is 0 Å². The number of hydrogen-bond donors (Lipinski definition) is 2. The Morgan fingerprint density at radius 2 is 1.88 bits per heavy atom. The van der Waals surface area contributed by atoms with Crippen molar-refractivity contribution in [3.63, 3.8) is 0 Å². The van der Waals surface area contributed by atoms with Gasteiger partial charge < -0.3 is 20.5 Å². The van der Waals surface area contributed by atoms with E-state index in [1.54, 1.807) is 0 Å². The number of fused-ring (bicyclic) bond motifs is 3. The summed E-state index contributed by atoms with van der Waals surface area (Å²) in [5.41, 5.74) is 6.09. The second-order valence-corrected chi connectivity index (χ2v) is 11.3. The van der Waals surface area contributed by atoms with Crippen LogP contribution in [0.2, 0.25) is 5.02 Å². The van der Waals surface area contributed by atoms with Crippen LogP contribution in [0.15, 0.2) is 59.5 Å². The molecule has 0 unspecified atom stereocenters. The summed E-state index contributed by atoms with van der Waals surface area (Å²) >= 11 is 6.19. The minimum absolute atomic E-state index is 0.0192. The molecule has 12 heteroatoms. The van der Waals surface area contributed by atoms with Crippen LogP contribution in [0.4, 0.5) is 18.9 Å². The summed E-state index contributed by atoms with van der Waals surface area (Å²) < 4.78 is 54.3. The molecule has 3 aromatic rings. The highest BCUT2D eigenvalue weighted by molar-refractivity contribution is 6.30. The minimum Gasteiger partial charge on any atom is -0.491 e. The lowest BCUT2D eigenvalue weighted by atomic mass is 9.91. The summed E-state index contributed by atoms with van der Waals surface area (Å²) in [5.74, 6) is -2.96. The van der Waals surface area contributed by atoms with Crippen molar-refractivity contribution in [3.05, 3.63) is 81.2 Å². The number of aromatic nitrogens is 1. The summed E-state index contributed by atoms with van der Waals surface area (Å²) in [6, 6.07) is 10.6. The molecule has 1 saturated carbocycles. The number of pyridine rings is 1. The predicted molar refractivity (Wildman–Crippen MR) is 151 cm³/mol. The summed E-state index contributed by atoms with van der Waals surface area (Å²) in [4.78, 5) is 38.5. The van der Waals surface area contributed by atoms with Gasteiger partial charge in [-0.15, -0.1) is 0 Å². The molecule has 5 rings (SSSR count). The van der Waals surface area contributed by atoms with Crippen LogP contribution in [0.1, 0.15) is 48.1 Å². The molecule has 0 saturated heterocycles. The maximum atomic E-state index is 13.8. The molecular formula is C30H29ClF3N3O5. The number of carbonyl (C=O) groups excluding carboxylic acids is 2. The molecule has 1 aliphatic carbocycles. The lowest BCUT2D eigenvalue weighted by Gasteiger charge is -2.27. The standard InChI is InChI=1S/C30H29ClF3N3O5/c1-29(9-10-29)42-11-8-24(28(40)36-21-6-3-17(4-7-21)27(35)39)37-15-25-23(14-26(37)38)22-13-20(31)5-2-18(22)12-19(16-41-25)30(32,33)34/h2-7,13-15,19,24H,8-12,16H2,1H3,(H2,35,39)(H,36,40)/t19-,24+/m1/s1. The van der Waals surface area contributed by atoms with Gasteiger partial charge in [0.05, 0.1) is 17.7 Å². The van der Waals surface area contributed by atoms with Crippen LogP contribution in [0, 0.1) is 5.92 Å². The quantitative estimate of drug-likeness (QED) is 0.352. The topological polar surface area (TPSA) is 113 Å². The highest BCUT2D eigenvalue weighted by Crippen LogP contribution is 2.41. The van der Waals surface area contributed by atoms with E-state index in [1.807, 2.05) is 6.92 Å². The average Bonchev–Trinajstić information content (AvgIpc) is 3.65. The fourth-order valence-electron chi connectivity index (χ4n) is 4.88. The normalized spacial score (nSPS) is 18.0. The van der Waals surface area contributed by atoms with Crippen molar-refractivity contribution in [2.45, 2.75) is 50.4 Å². The van der Waals surface area contributed by atoms with E-state index in [-0.39, 0.29) is 41.9 Å². The van der Waals surface area contributed by atoms with Gasteiger partial charge in [0.2, 0.25) is 11.8 Å². The number of nitrogens with zero attached hydrogens (tertiary/aromatic N) is 1. The SMILES string of the molecule is CC1(OCC[C@@H](C(=O)Nc2ccc(C(N)=O)cc2)n2cc3c(cc2=O)-c2cc(Cl)ccc2C[C@@H](C(F)(F)F)CO3)CC1. The molecule has 2 amide bonds. The minimum atomic E-state index is -4.52. The molecule has 1 aliphatic heterocycles. The van der Waals surface area contributed by atoms with Crippen molar-refractivity contribution in [1.82, 2.24) is 4.57 Å². The van der Waals surface area contributed by atoms with Crippen LogP contribution in [0.5, 0.6) is 5.75 Å². The van der Waals surface area contributed by atoms with Gasteiger partial charge >= 0.3 is 6.18 Å². The zero-order valence-corrected chi connectivity index (χ0v) is 23.4. The molecule has 0 radical (unpaired) electrons. The molecule has 1 aromatic heterocycles. The number of alkyl halides is 3. The van der Waals surface area contributed by atoms with Gasteiger partial charge in [-0.3, -0.25) is 19.0 Å². The third-order valence-corrected chi connectivity index (χ3v) is 7.88. The van der Waals surface area contributed by atoms with E-state index in [2.05, 4.69) is 5.32 Å². The van der Waals surface area contributed by atoms with Crippen LogP contribution >= 0.6 is 11.6 Å². The third kappa shape index (κ3) is 6.63. The van der Waals surface area contributed by atoms with Crippen LogP contribution in [-0.4, -0.2) is 41.4 Å². The van der Waals surface area contributed by atoms with Gasteiger partial charge in [-0.2, -0.15) is 13.2 Å².